The van der Waals surface area contributed by atoms with Crippen molar-refractivity contribution in [2.45, 2.75) is 5.41 Å². The molecule has 0 radical (unpaired) electrons. The zero-order valence-electron chi connectivity index (χ0n) is 31.1. The van der Waals surface area contributed by atoms with E-state index in [2.05, 4.69) is 217 Å². The molecule has 1 heterocycles. The van der Waals surface area contributed by atoms with Crippen LogP contribution in [0, 0.1) is 0 Å². The molecule has 1 aromatic heterocycles. The van der Waals surface area contributed by atoms with Crippen LogP contribution in [0.5, 0.6) is 0 Å². The zero-order chi connectivity index (χ0) is 37.5. The van der Waals surface area contributed by atoms with Crippen LogP contribution in [0.3, 0.4) is 0 Å². The molecule has 2 aliphatic carbocycles. The van der Waals surface area contributed by atoms with E-state index in [4.69, 9.17) is 0 Å². The Hall–Kier alpha value is -7.00. The highest BCUT2D eigenvalue weighted by molar-refractivity contribution is 7.25. The molecule has 57 heavy (non-hydrogen) atoms. The fourth-order valence-corrected chi connectivity index (χ4v) is 11.1. The Morgan fingerprint density at radius 1 is 0.351 bits per heavy atom. The van der Waals surface area contributed by atoms with Crippen LogP contribution in [-0.4, -0.2) is 0 Å². The maximum atomic E-state index is 2.49. The molecule has 0 saturated carbocycles. The molecule has 0 atom stereocenters. The molecule has 12 rings (SSSR count). The van der Waals surface area contributed by atoms with Crippen LogP contribution in [0.15, 0.2) is 212 Å². The second-order valence-corrected chi connectivity index (χ2v) is 16.2. The highest BCUT2D eigenvalue weighted by Gasteiger charge is 2.52. The summed E-state index contributed by atoms with van der Waals surface area (Å²) in [5.41, 5.74) is 18.4. The van der Waals surface area contributed by atoms with Gasteiger partial charge in [-0.25, -0.2) is 0 Å². The van der Waals surface area contributed by atoms with E-state index >= 15 is 0 Å². The summed E-state index contributed by atoms with van der Waals surface area (Å²) >= 11 is 1.87. The number of benzene rings is 9. The molecule has 2 heteroatoms. The summed E-state index contributed by atoms with van der Waals surface area (Å²) in [7, 11) is 0. The molecule has 1 nitrogen and oxygen atoms in total. The Balaban J connectivity index is 1.12. The summed E-state index contributed by atoms with van der Waals surface area (Å²) < 4.78 is 2.63. The maximum absolute atomic E-state index is 2.49. The molecule has 1 spiro atoms. The molecule has 0 saturated heterocycles. The van der Waals surface area contributed by atoms with Gasteiger partial charge in [-0.1, -0.05) is 170 Å². The number of thiophene rings is 1. The standard InChI is InChI=1S/C55H35NS/c1-2-15-36(16-3-1)37-31-33-39(34-32-37)56(40-18-12-17-38(35-40)41-23-13-30-52-53(41)45-22-7-11-29-51(45)57-52)50-28-14-27-49-54(50)44-21-6-10-26-48(44)55(49)46-24-8-4-19-42(46)43-20-5-9-25-47(43)55/h1-35H. The summed E-state index contributed by atoms with van der Waals surface area (Å²) in [6.07, 6.45) is 0. The van der Waals surface area contributed by atoms with Gasteiger partial charge in [0.05, 0.1) is 11.1 Å². The molecule has 0 amide bonds. The second kappa shape index (κ2) is 12.5. The van der Waals surface area contributed by atoms with Crippen molar-refractivity contribution in [3.05, 3.63) is 235 Å². The average molecular weight is 742 g/mol. The normalized spacial score (nSPS) is 13.1. The minimum Gasteiger partial charge on any atom is -0.310 e. The van der Waals surface area contributed by atoms with Gasteiger partial charge in [-0.2, -0.15) is 0 Å². The van der Waals surface area contributed by atoms with Crippen LogP contribution in [0.25, 0.3) is 64.7 Å². The first-order valence-corrected chi connectivity index (χ1v) is 20.5. The highest BCUT2D eigenvalue weighted by atomic mass is 32.1. The second-order valence-electron chi connectivity index (χ2n) is 15.2. The van der Waals surface area contributed by atoms with Crippen molar-refractivity contribution in [1.29, 1.82) is 0 Å². The first-order valence-electron chi connectivity index (χ1n) is 19.7. The third-order valence-corrected chi connectivity index (χ3v) is 13.4. The minimum atomic E-state index is -0.421. The molecule has 9 aromatic carbocycles. The van der Waals surface area contributed by atoms with E-state index in [0.29, 0.717) is 0 Å². The van der Waals surface area contributed by atoms with Gasteiger partial charge < -0.3 is 4.90 Å². The van der Waals surface area contributed by atoms with Crippen LogP contribution in [0.2, 0.25) is 0 Å². The van der Waals surface area contributed by atoms with E-state index < -0.39 is 5.41 Å². The van der Waals surface area contributed by atoms with Crippen molar-refractivity contribution >= 4 is 48.6 Å². The molecule has 0 fully saturated rings. The van der Waals surface area contributed by atoms with Gasteiger partial charge in [-0.15, -0.1) is 11.3 Å². The summed E-state index contributed by atoms with van der Waals surface area (Å²) in [6, 6.07) is 78.7. The maximum Gasteiger partial charge on any atom is 0.0726 e. The lowest BCUT2D eigenvalue weighted by Crippen LogP contribution is -2.26. The molecular weight excluding hydrogens is 707 g/mol. The van der Waals surface area contributed by atoms with E-state index in [1.54, 1.807) is 0 Å². The molecule has 2 aliphatic rings. The van der Waals surface area contributed by atoms with Crippen LogP contribution in [0.4, 0.5) is 17.1 Å². The third kappa shape index (κ3) is 4.62. The van der Waals surface area contributed by atoms with Gasteiger partial charge in [0.15, 0.2) is 0 Å². The van der Waals surface area contributed by atoms with Gasteiger partial charge in [0, 0.05) is 37.1 Å². The fourth-order valence-electron chi connectivity index (χ4n) is 10.00. The van der Waals surface area contributed by atoms with E-state index in [1.165, 1.54) is 92.6 Å². The Bertz CT molecular complexity index is 3140. The van der Waals surface area contributed by atoms with Gasteiger partial charge in [0.25, 0.3) is 0 Å². The van der Waals surface area contributed by atoms with Crippen molar-refractivity contribution in [2.24, 2.45) is 0 Å². The zero-order valence-corrected chi connectivity index (χ0v) is 31.9. The number of rotatable bonds is 5. The number of anilines is 3. The van der Waals surface area contributed by atoms with E-state index in [9.17, 15) is 0 Å². The van der Waals surface area contributed by atoms with Gasteiger partial charge in [-0.05, 0) is 104 Å². The van der Waals surface area contributed by atoms with Crippen molar-refractivity contribution in [3.63, 3.8) is 0 Å². The van der Waals surface area contributed by atoms with Crippen molar-refractivity contribution in [2.75, 3.05) is 4.90 Å². The largest absolute Gasteiger partial charge is 0.310 e. The molecule has 0 bridgehead atoms. The number of fused-ring (bicyclic) bond motifs is 13. The third-order valence-electron chi connectivity index (χ3n) is 12.3. The molecule has 10 aromatic rings. The summed E-state index contributed by atoms with van der Waals surface area (Å²) in [6.45, 7) is 0. The van der Waals surface area contributed by atoms with Crippen LogP contribution >= 0.6 is 11.3 Å². The van der Waals surface area contributed by atoms with Crippen molar-refractivity contribution < 1.29 is 0 Å². The average Bonchev–Trinajstić information content (AvgIpc) is 3.92. The van der Waals surface area contributed by atoms with Crippen LogP contribution < -0.4 is 4.90 Å². The topological polar surface area (TPSA) is 3.24 Å². The molecule has 0 unspecified atom stereocenters. The van der Waals surface area contributed by atoms with Crippen molar-refractivity contribution in [3.8, 4) is 44.5 Å². The molecule has 0 N–H and O–H groups in total. The van der Waals surface area contributed by atoms with Gasteiger partial charge >= 0.3 is 0 Å². The van der Waals surface area contributed by atoms with Gasteiger partial charge in [-0.3, -0.25) is 0 Å². The number of hydrogen-bond donors (Lipinski definition) is 0. The summed E-state index contributed by atoms with van der Waals surface area (Å²) in [5.74, 6) is 0. The Kier molecular flexibility index (Phi) is 7.08. The Morgan fingerprint density at radius 2 is 0.895 bits per heavy atom. The lowest BCUT2D eigenvalue weighted by molar-refractivity contribution is 0.794. The number of nitrogens with zero attached hydrogens (tertiary/aromatic N) is 1. The van der Waals surface area contributed by atoms with E-state index in [0.717, 1.165) is 11.4 Å². The first-order chi connectivity index (χ1) is 28.3. The molecule has 0 aliphatic heterocycles. The summed E-state index contributed by atoms with van der Waals surface area (Å²) in [4.78, 5) is 2.49. The highest BCUT2D eigenvalue weighted by Crippen LogP contribution is 2.64. The Morgan fingerprint density at radius 3 is 1.67 bits per heavy atom. The fraction of sp³-hybridized carbons (Fsp3) is 0.0182. The van der Waals surface area contributed by atoms with Crippen molar-refractivity contribution in [1.82, 2.24) is 0 Å². The monoisotopic (exact) mass is 741 g/mol. The SMILES string of the molecule is c1ccc(-c2ccc(N(c3cccc(-c4cccc5sc6ccccc6c45)c3)c3cccc4c3-c3ccccc3C43c4ccccc4-c4ccccc43)cc2)cc1. The smallest absolute Gasteiger partial charge is 0.0726 e. The first kappa shape index (κ1) is 32.3. The summed E-state index contributed by atoms with van der Waals surface area (Å²) in [5, 5.41) is 2.64. The molecule has 266 valence electrons. The van der Waals surface area contributed by atoms with Crippen LogP contribution in [-0.2, 0) is 5.41 Å². The lowest BCUT2D eigenvalue weighted by atomic mass is 9.70. The van der Waals surface area contributed by atoms with E-state index in [1.807, 2.05) is 11.3 Å². The lowest BCUT2D eigenvalue weighted by Gasteiger charge is -2.32. The minimum absolute atomic E-state index is 0.421. The van der Waals surface area contributed by atoms with Gasteiger partial charge in [0.2, 0.25) is 0 Å². The predicted octanol–water partition coefficient (Wildman–Crippen LogP) is 15.2. The molecular formula is C55H35NS. The predicted molar refractivity (Wildman–Crippen MR) is 241 cm³/mol. The van der Waals surface area contributed by atoms with E-state index in [-0.39, 0.29) is 0 Å². The van der Waals surface area contributed by atoms with Gasteiger partial charge in [0.1, 0.15) is 0 Å². The Labute approximate surface area is 336 Å². The quantitative estimate of drug-likeness (QED) is 0.170. The number of hydrogen-bond acceptors (Lipinski definition) is 2. The van der Waals surface area contributed by atoms with Crippen LogP contribution in [0.1, 0.15) is 22.3 Å².